The van der Waals surface area contributed by atoms with Gasteiger partial charge >= 0.3 is 0 Å². The van der Waals surface area contributed by atoms with E-state index in [0.29, 0.717) is 15.6 Å². The standard InChI is InChI=1S/C15H17Cl2N3O/c1-15(2,3)14(21)12(7-20-9-18-8-19-20)11-5-4-10(16)6-13(11)17/h4-9,14,21H,1-3H3/b12-7+/t14-/m1/s1. The quantitative estimate of drug-likeness (QED) is 0.928. The molecular formula is C15H17Cl2N3O. The fourth-order valence-corrected chi connectivity index (χ4v) is 2.42. The Morgan fingerprint density at radius 3 is 2.57 bits per heavy atom. The fourth-order valence-electron chi connectivity index (χ4n) is 1.90. The number of halogens is 2. The summed E-state index contributed by atoms with van der Waals surface area (Å²) in [5.41, 5.74) is 1.03. The lowest BCUT2D eigenvalue weighted by Crippen LogP contribution is -2.27. The van der Waals surface area contributed by atoms with Crippen molar-refractivity contribution in [1.82, 2.24) is 14.8 Å². The van der Waals surface area contributed by atoms with Gasteiger partial charge in [-0.15, -0.1) is 0 Å². The van der Waals surface area contributed by atoms with E-state index in [0.717, 1.165) is 5.56 Å². The Balaban J connectivity index is 2.56. The van der Waals surface area contributed by atoms with Gasteiger partial charge in [-0.1, -0.05) is 50.0 Å². The molecule has 0 saturated carbocycles. The molecule has 0 fully saturated rings. The zero-order valence-electron chi connectivity index (χ0n) is 12.1. The van der Waals surface area contributed by atoms with Gasteiger partial charge in [0, 0.05) is 27.4 Å². The normalized spacial score (nSPS) is 14.3. The van der Waals surface area contributed by atoms with E-state index in [1.165, 1.54) is 11.0 Å². The van der Waals surface area contributed by atoms with Crippen LogP contribution in [-0.4, -0.2) is 26.0 Å². The highest BCUT2D eigenvalue weighted by Crippen LogP contribution is 2.35. The predicted octanol–water partition coefficient (Wildman–Crippen LogP) is 3.99. The summed E-state index contributed by atoms with van der Waals surface area (Å²) in [4.78, 5) is 3.90. The Hall–Kier alpha value is -1.36. The van der Waals surface area contributed by atoms with E-state index < -0.39 is 6.10 Å². The first-order valence-electron chi connectivity index (χ1n) is 6.48. The molecule has 0 aliphatic carbocycles. The first-order valence-corrected chi connectivity index (χ1v) is 7.24. The van der Waals surface area contributed by atoms with Gasteiger partial charge in [-0.25, -0.2) is 9.67 Å². The second-order valence-electron chi connectivity index (χ2n) is 5.85. The molecule has 0 aliphatic rings. The smallest absolute Gasteiger partial charge is 0.138 e. The maximum Gasteiger partial charge on any atom is 0.138 e. The molecule has 112 valence electrons. The Labute approximate surface area is 134 Å². The highest BCUT2D eigenvalue weighted by molar-refractivity contribution is 6.35. The van der Waals surface area contributed by atoms with Gasteiger partial charge in [0.15, 0.2) is 0 Å². The van der Waals surface area contributed by atoms with Gasteiger partial charge in [0.1, 0.15) is 12.7 Å². The maximum absolute atomic E-state index is 10.7. The molecule has 1 atom stereocenters. The molecule has 6 heteroatoms. The molecule has 2 aromatic rings. The minimum absolute atomic E-state index is 0.352. The minimum atomic E-state index is -0.722. The summed E-state index contributed by atoms with van der Waals surface area (Å²) < 4.78 is 1.54. The van der Waals surface area contributed by atoms with E-state index in [1.807, 2.05) is 20.8 Å². The van der Waals surface area contributed by atoms with Gasteiger partial charge < -0.3 is 5.11 Å². The molecule has 0 unspecified atom stereocenters. The molecule has 1 aromatic carbocycles. The van der Waals surface area contributed by atoms with Crippen LogP contribution in [0.2, 0.25) is 10.0 Å². The Kier molecular flexibility index (Phi) is 4.71. The van der Waals surface area contributed by atoms with Crippen LogP contribution in [0.3, 0.4) is 0 Å². The fraction of sp³-hybridized carbons (Fsp3) is 0.333. The SMILES string of the molecule is CC(C)(C)[C@H](O)/C(=C/n1cncn1)c1ccc(Cl)cc1Cl. The van der Waals surface area contributed by atoms with Crippen molar-refractivity contribution in [1.29, 1.82) is 0 Å². The number of aliphatic hydroxyl groups is 1. The van der Waals surface area contributed by atoms with Crippen LogP contribution in [0, 0.1) is 5.41 Å². The average Bonchev–Trinajstić information content (AvgIpc) is 2.87. The zero-order chi connectivity index (χ0) is 15.6. The van der Waals surface area contributed by atoms with Crippen molar-refractivity contribution in [3.8, 4) is 0 Å². The van der Waals surface area contributed by atoms with Gasteiger partial charge in [0.05, 0.1) is 6.10 Å². The molecule has 0 spiro atoms. The molecular weight excluding hydrogens is 309 g/mol. The molecule has 2 rings (SSSR count). The summed E-state index contributed by atoms with van der Waals surface area (Å²) in [5, 5.41) is 15.7. The van der Waals surface area contributed by atoms with Crippen molar-refractivity contribution in [3.63, 3.8) is 0 Å². The maximum atomic E-state index is 10.7. The van der Waals surface area contributed by atoms with Gasteiger partial charge in [0.25, 0.3) is 0 Å². The lowest BCUT2D eigenvalue weighted by molar-refractivity contribution is 0.114. The molecule has 1 N–H and O–H groups in total. The molecule has 0 radical (unpaired) electrons. The molecule has 1 aromatic heterocycles. The Bertz CT molecular complexity index is 645. The van der Waals surface area contributed by atoms with E-state index in [-0.39, 0.29) is 5.41 Å². The number of rotatable bonds is 3. The molecule has 0 bridgehead atoms. The van der Waals surface area contributed by atoms with E-state index >= 15 is 0 Å². The van der Waals surface area contributed by atoms with E-state index in [4.69, 9.17) is 23.2 Å². The minimum Gasteiger partial charge on any atom is -0.388 e. The van der Waals surface area contributed by atoms with Gasteiger partial charge in [-0.05, 0) is 17.5 Å². The summed E-state index contributed by atoms with van der Waals surface area (Å²) in [7, 11) is 0. The van der Waals surface area contributed by atoms with Crippen LogP contribution in [0.1, 0.15) is 26.3 Å². The summed E-state index contributed by atoms with van der Waals surface area (Å²) in [6, 6.07) is 5.19. The molecule has 0 amide bonds. The second kappa shape index (κ2) is 6.18. The first-order chi connectivity index (χ1) is 9.79. The summed E-state index contributed by atoms with van der Waals surface area (Å²) in [5.74, 6) is 0. The number of hydrogen-bond donors (Lipinski definition) is 1. The number of aromatic nitrogens is 3. The molecule has 0 aliphatic heterocycles. The lowest BCUT2D eigenvalue weighted by atomic mass is 9.82. The Morgan fingerprint density at radius 1 is 1.33 bits per heavy atom. The third-order valence-electron chi connectivity index (χ3n) is 3.07. The topological polar surface area (TPSA) is 50.9 Å². The monoisotopic (exact) mass is 325 g/mol. The van der Waals surface area contributed by atoms with Crippen LogP contribution in [0.15, 0.2) is 30.9 Å². The van der Waals surface area contributed by atoms with Crippen LogP contribution in [-0.2, 0) is 0 Å². The highest BCUT2D eigenvalue weighted by Gasteiger charge is 2.28. The van der Waals surface area contributed by atoms with Crippen LogP contribution in [0.4, 0.5) is 0 Å². The molecule has 4 nitrogen and oxygen atoms in total. The summed E-state index contributed by atoms with van der Waals surface area (Å²) in [6.45, 7) is 5.87. The van der Waals surface area contributed by atoms with Crippen LogP contribution in [0.25, 0.3) is 11.8 Å². The molecule has 21 heavy (non-hydrogen) atoms. The molecule has 0 saturated heterocycles. The largest absolute Gasteiger partial charge is 0.388 e. The number of hydrogen-bond acceptors (Lipinski definition) is 3. The highest BCUT2D eigenvalue weighted by atomic mass is 35.5. The summed E-state index contributed by atoms with van der Waals surface area (Å²) in [6.07, 6.45) is 3.98. The van der Waals surface area contributed by atoms with Crippen molar-refractivity contribution in [2.24, 2.45) is 5.41 Å². The predicted molar refractivity (Wildman–Crippen MR) is 86.1 cm³/mol. The van der Waals surface area contributed by atoms with Gasteiger partial charge in [0.2, 0.25) is 0 Å². The van der Waals surface area contributed by atoms with Crippen LogP contribution in [0.5, 0.6) is 0 Å². The number of benzene rings is 1. The van der Waals surface area contributed by atoms with Gasteiger partial charge in [-0.3, -0.25) is 0 Å². The second-order valence-corrected chi connectivity index (χ2v) is 6.70. The van der Waals surface area contributed by atoms with Gasteiger partial charge in [-0.2, -0.15) is 5.10 Å². The average molecular weight is 326 g/mol. The van der Waals surface area contributed by atoms with Crippen molar-refractivity contribution in [3.05, 3.63) is 46.5 Å². The van der Waals surface area contributed by atoms with E-state index in [2.05, 4.69) is 10.1 Å². The number of nitrogens with zero attached hydrogens (tertiary/aromatic N) is 3. The third-order valence-corrected chi connectivity index (χ3v) is 3.61. The van der Waals surface area contributed by atoms with Crippen LogP contribution < -0.4 is 0 Å². The van der Waals surface area contributed by atoms with Crippen molar-refractivity contribution < 1.29 is 5.11 Å². The lowest BCUT2D eigenvalue weighted by Gasteiger charge is -2.28. The van der Waals surface area contributed by atoms with Crippen molar-refractivity contribution >= 4 is 35.0 Å². The Morgan fingerprint density at radius 2 is 2.05 bits per heavy atom. The van der Waals surface area contributed by atoms with E-state index in [1.54, 1.807) is 30.7 Å². The van der Waals surface area contributed by atoms with Crippen LogP contribution >= 0.6 is 23.2 Å². The number of aliphatic hydroxyl groups excluding tert-OH is 1. The van der Waals surface area contributed by atoms with E-state index in [9.17, 15) is 5.11 Å². The van der Waals surface area contributed by atoms with Crippen molar-refractivity contribution in [2.45, 2.75) is 26.9 Å². The third kappa shape index (κ3) is 3.84. The summed E-state index contributed by atoms with van der Waals surface area (Å²) >= 11 is 12.2. The molecule has 1 heterocycles. The zero-order valence-corrected chi connectivity index (χ0v) is 13.6. The first kappa shape index (κ1) is 16.0. The van der Waals surface area contributed by atoms with Crippen molar-refractivity contribution in [2.75, 3.05) is 0 Å².